The first-order chi connectivity index (χ1) is 17.1. The third-order valence-corrected chi connectivity index (χ3v) is 4.76. The molecule has 2 aromatic carbocycles. The van der Waals surface area contributed by atoms with Crippen LogP contribution in [0.3, 0.4) is 0 Å². The van der Waals surface area contributed by atoms with Crippen molar-refractivity contribution >= 4 is 18.2 Å². The zero-order valence-electron chi connectivity index (χ0n) is 19.7. The van der Waals surface area contributed by atoms with Gasteiger partial charge < -0.3 is 24.5 Å². The number of alkyl carbamates (subject to hydrolysis) is 1. The lowest BCUT2D eigenvalue weighted by atomic mass is 10.1. The Hall–Kier alpha value is -4.34. The third-order valence-electron chi connectivity index (χ3n) is 4.76. The summed E-state index contributed by atoms with van der Waals surface area (Å²) in [5, 5.41) is 6.62. The molecule has 0 unspecified atom stereocenters. The highest BCUT2D eigenvalue weighted by Gasteiger charge is 2.22. The zero-order valence-corrected chi connectivity index (χ0v) is 19.7. The maximum Gasteiger partial charge on any atom is 0.408 e. The fourth-order valence-electron chi connectivity index (χ4n) is 3.13. The lowest BCUT2D eigenvalue weighted by Crippen LogP contribution is -2.47. The Morgan fingerprint density at radius 1 is 1.09 bits per heavy atom. The maximum absolute atomic E-state index is 12.8. The second kappa shape index (κ2) is 13.4. The molecule has 0 bridgehead atoms. The van der Waals surface area contributed by atoms with Gasteiger partial charge in [0.2, 0.25) is 0 Å². The summed E-state index contributed by atoms with van der Waals surface area (Å²) in [6, 6.07) is 13.7. The molecule has 0 fully saturated rings. The molecule has 0 aliphatic carbocycles. The average molecular weight is 480 g/mol. The number of hydrogen-bond acceptors (Lipinski definition) is 7. The van der Waals surface area contributed by atoms with E-state index in [1.807, 2.05) is 44.2 Å². The van der Waals surface area contributed by atoms with Crippen LogP contribution < -0.4 is 20.2 Å². The zero-order chi connectivity index (χ0) is 24.9. The van der Waals surface area contributed by atoms with Gasteiger partial charge in [0, 0.05) is 18.3 Å². The van der Waals surface area contributed by atoms with Gasteiger partial charge in [-0.2, -0.15) is 5.10 Å². The second-order valence-corrected chi connectivity index (χ2v) is 7.35. The van der Waals surface area contributed by atoms with Crippen LogP contribution in [0.25, 0.3) is 0 Å². The number of benzene rings is 2. The summed E-state index contributed by atoms with van der Waals surface area (Å²) in [5.41, 5.74) is 4.68. The van der Waals surface area contributed by atoms with Crippen molar-refractivity contribution in [3.63, 3.8) is 0 Å². The van der Waals surface area contributed by atoms with Crippen molar-refractivity contribution in [2.24, 2.45) is 5.10 Å². The summed E-state index contributed by atoms with van der Waals surface area (Å²) in [7, 11) is 0. The molecule has 0 saturated carbocycles. The molecule has 3 N–H and O–H groups in total. The van der Waals surface area contributed by atoms with Gasteiger partial charge in [-0.25, -0.2) is 15.2 Å². The van der Waals surface area contributed by atoms with Gasteiger partial charge in [-0.15, -0.1) is 0 Å². The fraction of sp³-hybridized carbons (Fsp3) is 0.280. The van der Waals surface area contributed by atoms with Gasteiger partial charge >= 0.3 is 6.09 Å². The van der Waals surface area contributed by atoms with Crippen molar-refractivity contribution in [3.05, 3.63) is 77.9 Å². The first-order valence-corrected chi connectivity index (χ1v) is 11.3. The molecule has 3 rings (SSSR count). The van der Waals surface area contributed by atoms with Crippen LogP contribution in [-0.4, -0.2) is 47.4 Å². The molecule has 0 radical (unpaired) electrons. The smallest absolute Gasteiger partial charge is 0.408 e. The topological polar surface area (TPSA) is 127 Å². The highest BCUT2D eigenvalue weighted by Crippen LogP contribution is 2.27. The molecule has 1 heterocycles. The number of ether oxygens (including phenoxy) is 3. The molecular formula is C25H29N5O5. The number of amides is 2. The number of carbonyl (C=O) groups excluding carboxylic acids is 2. The van der Waals surface area contributed by atoms with E-state index in [2.05, 4.69) is 25.8 Å². The molecule has 10 nitrogen and oxygen atoms in total. The third kappa shape index (κ3) is 8.18. The van der Waals surface area contributed by atoms with Crippen molar-refractivity contribution < 1.29 is 23.8 Å². The van der Waals surface area contributed by atoms with Gasteiger partial charge in [0.05, 0.1) is 25.8 Å². The molecular weight excluding hydrogens is 450 g/mol. The highest BCUT2D eigenvalue weighted by atomic mass is 16.5. The predicted octanol–water partition coefficient (Wildman–Crippen LogP) is 3.19. The molecule has 1 aromatic heterocycles. The molecule has 35 heavy (non-hydrogen) atoms. The number of aromatic amines is 1. The lowest BCUT2D eigenvalue weighted by molar-refractivity contribution is -0.123. The molecule has 0 aliphatic rings. The fourth-order valence-corrected chi connectivity index (χ4v) is 3.13. The number of hydrazone groups is 1. The van der Waals surface area contributed by atoms with E-state index in [4.69, 9.17) is 14.2 Å². The number of hydrogen-bond donors (Lipinski definition) is 3. The number of nitrogens with zero attached hydrogens (tertiary/aromatic N) is 2. The number of rotatable bonds is 12. The van der Waals surface area contributed by atoms with Crippen molar-refractivity contribution in [2.75, 3.05) is 13.2 Å². The molecule has 0 saturated heterocycles. The van der Waals surface area contributed by atoms with Gasteiger partial charge in [-0.05, 0) is 43.2 Å². The molecule has 0 spiro atoms. The van der Waals surface area contributed by atoms with E-state index < -0.39 is 18.0 Å². The molecule has 1 atom stereocenters. The van der Waals surface area contributed by atoms with Crippen LogP contribution in [0.15, 0.2) is 66.2 Å². The van der Waals surface area contributed by atoms with Crippen LogP contribution in [0.1, 0.15) is 30.7 Å². The minimum absolute atomic E-state index is 0.0864. The van der Waals surface area contributed by atoms with Gasteiger partial charge in [0.15, 0.2) is 11.5 Å². The summed E-state index contributed by atoms with van der Waals surface area (Å²) in [4.78, 5) is 32.0. The van der Waals surface area contributed by atoms with Gasteiger partial charge in [-0.3, -0.25) is 4.79 Å². The van der Waals surface area contributed by atoms with E-state index in [-0.39, 0.29) is 13.0 Å². The number of aromatic nitrogens is 2. The Labute approximate surface area is 203 Å². The summed E-state index contributed by atoms with van der Waals surface area (Å²) in [6.07, 6.45) is 4.02. The lowest BCUT2D eigenvalue weighted by Gasteiger charge is -2.16. The number of H-pyrrole nitrogens is 1. The minimum Gasteiger partial charge on any atom is -0.490 e. The van der Waals surface area contributed by atoms with Crippen LogP contribution >= 0.6 is 0 Å². The Kier molecular flexibility index (Phi) is 9.67. The number of carbonyl (C=O) groups is 2. The maximum atomic E-state index is 12.8. The van der Waals surface area contributed by atoms with E-state index in [0.29, 0.717) is 36.0 Å². The standard InChI is InChI=1S/C25H29N5O5/c1-3-33-22-11-10-19(12-23(22)34-4-2)14-28-30-24(31)21(13-20-15-26-17-27-20)29-25(32)35-16-18-8-6-5-7-9-18/h5-12,14-15,17,21H,3-4,13,16H2,1-2H3,(H,26,27)(H,29,32)(H,30,31)/b28-14-/t21-/m1/s1. The normalized spacial score (nSPS) is 11.6. The Bertz CT molecular complexity index is 1100. The van der Waals surface area contributed by atoms with Crippen LogP contribution in [0, 0.1) is 0 Å². The number of imidazole rings is 1. The van der Waals surface area contributed by atoms with E-state index in [1.165, 1.54) is 12.5 Å². The van der Waals surface area contributed by atoms with Gasteiger partial charge in [0.1, 0.15) is 12.6 Å². The highest BCUT2D eigenvalue weighted by molar-refractivity contribution is 5.87. The largest absolute Gasteiger partial charge is 0.490 e. The van der Waals surface area contributed by atoms with Gasteiger partial charge in [0.25, 0.3) is 5.91 Å². The van der Waals surface area contributed by atoms with Crippen LogP contribution in [0.2, 0.25) is 0 Å². The van der Waals surface area contributed by atoms with Crippen molar-refractivity contribution in [3.8, 4) is 11.5 Å². The van der Waals surface area contributed by atoms with Crippen LogP contribution in [0.5, 0.6) is 11.5 Å². The first-order valence-electron chi connectivity index (χ1n) is 11.3. The van der Waals surface area contributed by atoms with Crippen molar-refractivity contribution in [1.82, 2.24) is 20.7 Å². The van der Waals surface area contributed by atoms with Crippen molar-refractivity contribution in [1.29, 1.82) is 0 Å². The summed E-state index contributed by atoms with van der Waals surface area (Å²) >= 11 is 0. The summed E-state index contributed by atoms with van der Waals surface area (Å²) < 4.78 is 16.4. The van der Waals surface area contributed by atoms with Crippen LogP contribution in [-0.2, 0) is 22.6 Å². The second-order valence-electron chi connectivity index (χ2n) is 7.35. The minimum atomic E-state index is -0.935. The SMILES string of the molecule is CCOc1ccc(/C=N\NC(=O)[C@@H](Cc2cnc[nH]2)NC(=O)OCc2ccccc2)cc1OCC. The van der Waals surface area contributed by atoms with E-state index in [1.54, 1.807) is 24.4 Å². The van der Waals surface area contributed by atoms with E-state index >= 15 is 0 Å². The molecule has 10 heteroatoms. The Morgan fingerprint density at radius 3 is 2.57 bits per heavy atom. The average Bonchev–Trinajstić information content (AvgIpc) is 3.38. The monoisotopic (exact) mass is 479 g/mol. The van der Waals surface area contributed by atoms with Crippen LogP contribution in [0.4, 0.5) is 4.79 Å². The van der Waals surface area contributed by atoms with Gasteiger partial charge in [-0.1, -0.05) is 30.3 Å². The first kappa shape index (κ1) is 25.3. The molecule has 184 valence electrons. The Morgan fingerprint density at radius 2 is 1.86 bits per heavy atom. The summed E-state index contributed by atoms with van der Waals surface area (Å²) in [5.74, 6) is 0.710. The van der Waals surface area contributed by atoms with Crippen molar-refractivity contribution in [2.45, 2.75) is 32.9 Å². The molecule has 0 aliphatic heterocycles. The van der Waals surface area contributed by atoms with E-state index in [9.17, 15) is 9.59 Å². The quantitative estimate of drug-likeness (QED) is 0.270. The molecule has 2 amide bonds. The number of nitrogens with one attached hydrogen (secondary N) is 3. The summed E-state index contributed by atoms with van der Waals surface area (Å²) in [6.45, 7) is 4.87. The Balaban J connectivity index is 1.62. The predicted molar refractivity (Wildman–Crippen MR) is 130 cm³/mol. The van der Waals surface area contributed by atoms with E-state index in [0.717, 1.165) is 5.56 Å². The molecule has 3 aromatic rings.